The van der Waals surface area contributed by atoms with Gasteiger partial charge in [-0.05, 0) is 48.9 Å². The molecule has 0 amide bonds. The van der Waals surface area contributed by atoms with Crippen molar-refractivity contribution in [2.24, 2.45) is 5.92 Å². The Labute approximate surface area is 90.9 Å². The van der Waals surface area contributed by atoms with Crippen LogP contribution in [0.2, 0.25) is 0 Å². The molecule has 0 saturated heterocycles. The highest BCUT2D eigenvalue weighted by atomic mass is 19.1. The lowest BCUT2D eigenvalue weighted by atomic mass is 9.97. The zero-order valence-corrected chi connectivity index (χ0v) is 9.63. The molecule has 1 aromatic carbocycles. The van der Waals surface area contributed by atoms with Crippen LogP contribution >= 0.6 is 0 Å². The summed E-state index contributed by atoms with van der Waals surface area (Å²) in [4.78, 5) is 0. The van der Waals surface area contributed by atoms with Crippen LogP contribution in [0, 0.1) is 18.7 Å². The van der Waals surface area contributed by atoms with Crippen molar-refractivity contribution in [3.63, 3.8) is 0 Å². The molecule has 0 saturated carbocycles. The molecule has 0 fully saturated rings. The van der Waals surface area contributed by atoms with Gasteiger partial charge in [-0.1, -0.05) is 19.9 Å². The summed E-state index contributed by atoms with van der Waals surface area (Å²) in [6.45, 7) is 6.08. The second-order valence-electron chi connectivity index (χ2n) is 4.56. The van der Waals surface area contributed by atoms with E-state index in [0.717, 1.165) is 17.5 Å². The lowest BCUT2D eigenvalue weighted by molar-refractivity contribution is 0.149. The highest BCUT2D eigenvalue weighted by molar-refractivity contribution is 5.27. The Bertz CT molecular complexity index is 320. The molecule has 0 aliphatic carbocycles. The molecule has 84 valence electrons. The maximum absolute atomic E-state index is 13.0. The number of aliphatic hydroxyl groups excluding tert-OH is 1. The lowest BCUT2D eigenvalue weighted by Crippen LogP contribution is -2.14. The van der Waals surface area contributed by atoms with Crippen LogP contribution in [0.5, 0.6) is 0 Å². The molecule has 0 heterocycles. The molecule has 0 spiro atoms. The predicted molar refractivity (Wildman–Crippen MR) is 60.3 cm³/mol. The second kappa shape index (κ2) is 5.26. The number of halogens is 1. The van der Waals surface area contributed by atoms with Crippen LogP contribution in [0.15, 0.2) is 18.2 Å². The molecule has 1 atom stereocenters. The number of benzene rings is 1. The minimum absolute atomic E-state index is 0.229. The molecule has 0 aliphatic heterocycles. The summed E-state index contributed by atoms with van der Waals surface area (Å²) in [6, 6.07) is 4.72. The van der Waals surface area contributed by atoms with E-state index in [9.17, 15) is 9.50 Å². The minimum Gasteiger partial charge on any atom is -0.393 e. The van der Waals surface area contributed by atoms with Gasteiger partial charge in [-0.3, -0.25) is 0 Å². The molecule has 0 radical (unpaired) electrons. The van der Waals surface area contributed by atoms with E-state index in [4.69, 9.17) is 0 Å². The fourth-order valence-electron chi connectivity index (χ4n) is 1.74. The summed E-state index contributed by atoms with van der Waals surface area (Å²) in [5, 5.41) is 9.77. The molecule has 1 unspecified atom stereocenters. The third-order valence-electron chi connectivity index (χ3n) is 2.51. The Morgan fingerprint density at radius 1 is 1.33 bits per heavy atom. The van der Waals surface area contributed by atoms with E-state index in [2.05, 4.69) is 13.8 Å². The molecular formula is C13H19FO. The Balaban J connectivity index is 2.67. The van der Waals surface area contributed by atoms with Gasteiger partial charge in [-0.15, -0.1) is 0 Å². The Morgan fingerprint density at radius 2 is 2.00 bits per heavy atom. The molecule has 1 nitrogen and oxygen atoms in total. The van der Waals surface area contributed by atoms with E-state index < -0.39 is 0 Å². The summed E-state index contributed by atoms with van der Waals surface area (Å²) < 4.78 is 13.0. The standard InChI is InChI=1S/C13H19FO/c1-9(2)6-13(15)8-11-7-12(14)5-4-10(11)3/h4-5,7,9,13,15H,6,8H2,1-3H3. The second-order valence-corrected chi connectivity index (χ2v) is 4.56. The largest absolute Gasteiger partial charge is 0.393 e. The van der Waals surface area contributed by atoms with E-state index in [1.807, 2.05) is 6.92 Å². The van der Waals surface area contributed by atoms with Crippen LogP contribution in [-0.4, -0.2) is 11.2 Å². The van der Waals surface area contributed by atoms with Crippen molar-refractivity contribution in [3.05, 3.63) is 35.1 Å². The minimum atomic E-state index is -0.370. The van der Waals surface area contributed by atoms with Gasteiger partial charge < -0.3 is 5.11 Å². The first-order chi connectivity index (χ1) is 6.99. The van der Waals surface area contributed by atoms with Crippen molar-refractivity contribution in [2.45, 2.75) is 39.7 Å². The Kier molecular flexibility index (Phi) is 4.28. The SMILES string of the molecule is Cc1ccc(F)cc1CC(O)CC(C)C. The van der Waals surface area contributed by atoms with Crippen LogP contribution in [-0.2, 0) is 6.42 Å². The molecular weight excluding hydrogens is 191 g/mol. The number of hydrogen-bond acceptors (Lipinski definition) is 1. The van der Waals surface area contributed by atoms with Crippen molar-refractivity contribution in [1.29, 1.82) is 0 Å². The van der Waals surface area contributed by atoms with Crippen molar-refractivity contribution in [2.75, 3.05) is 0 Å². The highest BCUT2D eigenvalue weighted by Crippen LogP contribution is 2.15. The van der Waals surface area contributed by atoms with Gasteiger partial charge >= 0.3 is 0 Å². The fourth-order valence-corrected chi connectivity index (χ4v) is 1.74. The van der Waals surface area contributed by atoms with Gasteiger partial charge in [0.15, 0.2) is 0 Å². The Hall–Kier alpha value is -0.890. The zero-order valence-electron chi connectivity index (χ0n) is 9.63. The predicted octanol–water partition coefficient (Wildman–Crippen LogP) is 3.08. The quantitative estimate of drug-likeness (QED) is 0.809. The van der Waals surface area contributed by atoms with Crippen LogP contribution in [0.4, 0.5) is 4.39 Å². The van der Waals surface area contributed by atoms with Gasteiger partial charge in [-0.25, -0.2) is 4.39 Å². The Morgan fingerprint density at radius 3 is 2.60 bits per heavy atom. The number of aliphatic hydroxyl groups is 1. The lowest BCUT2D eigenvalue weighted by Gasteiger charge is -2.14. The van der Waals surface area contributed by atoms with Gasteiger partial charge in [0.05, 0.1) is 6.10 Å². The van der Waals surface area contributed by atoms with E-state index in [-0.39, 0.29) is 11.9 Å². The summed E-state index contributed by atoms with van der Waals surface area (Å²) >= 11 is 0. The van der Waals surface area contributed by atoms with Gasteiger partial charge in [0.1, 0.15) is 5.82 Å². The smallest absolute Gasteiger partial charge is 0.123 e. The summed E-state index contributed by atoms with van der Waals surface area (Å²) in [6.07, 6.45) is 0.933. The van der Waals surface area contributed by atoms with Crippen molar-refractivity contribution < 1.29 is 9.50 Å². The third-order valence-corrected chi connectivity index (χ3v) is 2.51. The number of aryl methyl sites for hydroxylation is 1. The van der Waals surface area contributed by atoms with Gasteiger partial charge in [-0.2, -0.15) is 0 Å². The van der Waals surface area contributed by atoms with Crippen molar-refractivity contribution >= 4 is 0 Å². The molecule has 0 aromatic heterocycles. The van der Waals surface area contributed by atoms with E-state index in [1.165, 1.54) is 12.1 Å². The van der Waals surface area contributed by atoms with Crippen molar-refractivity contribution in [1.82, 2.24) is 0 Å². The van der Waals surface area contributed by atoms with Crippen molar-refractivity contribution in [3.8, 4) is 0 Å². The average Bonchev–Trinajstić information content (AvgIpc) is 2.10. The number of rotatable bonds is 4. The van der Waals surface area contributed by atoms with Gasteiger partial charge in [0, 0.05) is 0 Å². The van der Waals surface area contributed by atoms with Crippen LogP contribution in [0.1, 0.15) is 31.4 Å². The molecule has 15 heavy (non-hydrogen) atoms. The molecule has 0 aliphatic rings. The first-order valence-electron chi connectivity index (χ1n) is 5.42. The average molecular weight is 210 g/mol. The van der Waals surface area contributed by atoms with E-state index in [0.29, 0.717) is 12.3 Å². The zero-order chi connectivity index (χ0) is 11.4. The van der Waals surface area contributed by atoms with Crippen LogP contribution in [0.3, 0.4) is 0 Å². The third kappa shape index (κ3) is 4.00. The molecule has 1 N–H and O–H groups in total. The number of hydrogen-bond donors (Lipinski definition) is 1. The maximum Gasteiger partial charge on any atom is 0.123 e. The first-order valence-corrected chi connectivity index (χ1v) is 5.42. The van der Waals surface area contributed by atoms with Crippen LogP contribution < -0.4 is 0 Å². The molecule has 0 bridgehead atoms. The molecule has 1 rings (SSSR count). The van der Waals surface area contributed by atoms with Gasteiger partial charge in [0.2, 0.25) is 0 Å². The highest BCUT2D eigenvalue weighted by Gasteiger charge is 2.10. The van der Waals surface area contributed by atoms with E-state index in [1.54, 1.807) is 6.07 Å². The van der Waals surface area contributed by atoms with Gasteiger partial charge in [0.25, 0.3) is 0 Å². The maximum atomic E-state index is 13.0. The topological polar surface area (TPSA) is 20.2 Å². The molecule has 2 heteroatoms. The van der Waals surface area contributed by atoms with E-state index >= 15 is 0 Å². The summed E-state index contributed by atoms with van der Waals surface area (Å²) in [5.41, 5.74) is 1.95. The first kappa shape index (κ1) is 12.2. The summed E-state index contributed by atoms with van der Waals surface area (Å²) in [5.74, 6) is 0.237. The molecule has 1 aromatic rings. The summed E-state index contributed by atoms with van der Waals surface area (Å²) in [7, 11) is 0. The monoisotopic (exact) mass is 210 g/mol. The van der Waals surface area contributed by atoms with Crippen LogP contribution in [0.25, 0.3) is 0 Å². The fraction of sp³-hybridized carbons (Fsp3) is 0.538. The normalized spacial score (nSPS) is 13.2.